The lowest BCUT2D eigenvalue weighted by Crippen LogP contribution is -2.34. The number of hydrogen-bond donors (Lipinski definition) is 2. The van der Waals surface area contributed by atoms with Gasteiger partial charge in [0, 0.05) is 28.4 Å². The number of amides is 1. The van der Waals surface area contributed by atoms with Crippen LogP contribution in [0.1, 0.15) is 10.4 Å². The van der Waals surface area contributed by atoms with E-state index in [0.29, 0.717) is 16.3 Å². The molecule has 0 unspecified atom stereocenters. The molecule has 0 bridgehead atoms. The fourth-order valence-corrected chi connectivity index (χ4v) is 1.94. The largest absolute Gasteiger partial charge is 0.332 e. The number of thiocarbonyl (C=S) groups is 1. The first-order chi connectivity index (χ1) is 10.5. The first kappa shape index (κ1) is 15.9. The third kappa shape index (κ3) is 4.24. The van der Waals surface area contributed by atoms with Crippen molar-refractivity contribution in [2.45, 2.75) is 0 Å². The summed E-state index contributed by atoms with van der Waals surface area (Å²) in [5.41, 5.74) is 0.922. The number of nitro groups is 1. The predicted octanol–water partition coefficient (Wildman–Crippen LogP) is 3.38. The second kappa shape index (κ2) is 6.97. The summed E-state index contributed by atoms with van der Waals surface area (Å²) in [5, 5.41) is 16.5. The van der Waals surface area contributed by atoms with Crippen molar-refractivity contribution in [3.63, 3.8) is 0 Å². The first-order valence-corrected chi connectivity index (χ1v) is 6.86. The van der Waals surface area contributed by atoms with Crippen molar-refractivity contribution in [1.82, 2.24) is 5.32 Å². The van der Waals surface area contributed by atoms with Crippen molar-refractivity contribution in [3.8, 4) is 0 Å². The molecule has 0 spiro atoms. The number of nitro benzene ring substituents is 1. The molecule has 0 aliphatic rings. The molecule has 0 aliphatic heterocycles. The van der Waals surface area contributed by atoms with E-state index >= 15 is 0 Å². The van der Waals surface area contributed by atoms with Gasteiger partial charge in [0.25, 0.3) is 11.6 Å². The Morgan fingerprint density at radius 1 is 1.09 bits per heavy atom. The Morgan fingerprint density at radius 3 is 2.23 bits per heavy atom. The fourth-order valence-electron chi connectivity index (χ4n) is 1.61. The second-order valence-electron chi connectivity index (χ2n) is 4.22. The summed E-state index contributed by atoms with van der Waals surface area (Å²) in [7, 11) is 0. The van der Waals surface area contributed by atoms with Gasteiger partial charge >= 0.3 is 0 Å². The highest BCUT2D eigenvalue weighted by atomic mass is 35.5. The number of hydrogen-bond acceptors (Lipinski definition) is 4. The molecule has 8 heteroatoms. The molecule has 0 aliphatic carbocycles. The van der Waals surface area contributed by atoms with Gasteiger partial charge in [-0.2, -0.15) is 0 Å². The summed E-state index contributed by atoms with van der Waals surface area (Å²) in [4.78, 5) is 22.0. The van der Waals surface area contributed by atoms with Crippen molar-refractivity contribution < 1.29 is 9.72 Å². The minimum atomic E-state index is -0.496. The molecule has 0 radical (unpaired) electrons. The van der Waals surface area contributed by atoms with Crippen LogP contribution in [-0.4, -0.2) is 15.9 Å². The summed E-state index contributed by atoms with van der Waals surface area (Å²) in [6.07, 6.45) is 0. The monoisotopic (exact) mass is 335 g/mol. The normalized spacial score (nSPS) is 9.86. The maximum absolute atomic E-state index is 11.9. The predicted molar refractivity (Wildman–Crippen MR) is 88.2 cm³/mol. The summed E-state index contributed by atoms with van der Waals surface area (Å²) in [6, 6.07) is 12.0. The molecule has 2 rings (SSSR count). The van der Waals surface area contributed by atoms with E-state index in [0.717, 1.165) is 0 Å². The van der Waals surface area contributed by atoms with E-state index in [4.69, 9.17) is 23.8 Å². The lowest BCUT2D eigenvalue weighted by atomic mass is 10.2. The van der Waals surface area contributed by atoms with Crippen LogP contribution in [0, 0.1) is 10.1 Å². The van der Waals surface area contributed by atoms with E-state index in [-0.39, 0.29) is 16.7 Å². The van der Waals surface area contributed by atoms with Crippen LogP contribution in [0.2, 0.25) is 5.02 Å². The number of carbonyl (C=O) groups is 1. The minimum absolute atomic E-state index is 0.0262. The Balaban J connectivity index is 1.96. The molecular formula is C14H10ClN3O3S. The summed E-state index contributed by atoms with van der Waals surface area (Å²) in [6.45, 7) is 0. The maximum atomic E-state index is 11.9. The highest BCUT2D eigenvalue weighted by Crippen LogP contribution is 2.15. The van der Waals surface area contributed by atoms with Gasteiger partial charge in [-0.3, -0.25) is 20.2 Å². The van der Waals surface area contributed by atoms with Gasteiger partial charge in [-0.15, -0.1) is 0 Å². The number of nitrogens with one attached hydrogen (secondary N) is 2. The van der Waals surface area contributed by atoms with Crippen LogP contribution in [-0.2, 0) is 0 Å². The van der Waals surface area contributed by atoms with Crippen molar-refractivity contribution in [2.24, 2.45) is 0 Å². The zero-order valence-corrected chi connectivity index (χ0v) is 12.6. The van der Waals surface area contributed by atoms with Gasteiger partial charge in [-0.25, -0.2) is 0 Å². The SMILES string of the molecule is O=C(NC(=S)Nc1ccc([N+](=O)[O-])cc1)c1ccc(Cl)cc1. The van der Waals surface area contributed by atoms with Crippen molar-refractivity contribution in [3.05, 3.63) is 69.2 Å². The Labute approximate surface area is 136 Å². The average molecular weight is 336 g/mol. The van der Waals surface area contributed by atoms with Gasteiger partial charge in [0.05, 0.1) is 4.92 Å². The minimum Gasteiger partial charge on any atom is -0.332 e. The van der Waals surface area contributed by atoms with Crippen LogP contribution in [0.5, 0.6) is 0 Å². The summed E-state index contributed by atoms with van der Waals surface area (Å²) >= 11 is 10.8. The lowest BCUT2D eigenvalue weighted by Gasteiger charge is -2.09. The van der Waals surface area contributed by atoms with Crippen LogP contribution in [0.25, 0.3) is 0 Å². The van der Waals surface area contributed by atoms with Crippen LogP contribution in [0.3, 0.4) is 0 Å². The number of rotatable bonds is 3. The molecule has 2 aromatic rings. The van der Waals surface area contributed by atoms with E-state index in [1.807, 2.05) is 0 Å². The molecule has 0 saturated heterocycles. The van der Waals surface area contributed by atoms with Crippen molar-refractivity contribution >= 4 is 46.2 Å². The number of halogens is 1. The van der Waals surface area contributed by atoms with Gasteiger partial charge in [-0.05, 0) is 48.6 Å². The third-order valence-electron chi connectivity index (χ3n) is 2.67. The van der Waals surface area contributed by atoms with Gasteiger partial charge < -0.3 is 5.32 Å². The quantitative estimate of drug-likeness (QED) is 0.510. The molecule has 0 fully saturated rings. The van der Waals surface area contributed by atoms with Gasteiger partial charge in [0.15, 0.2) is 5.11 Å². The van der Waals surface area contributed by atoms with E-state index < -0.39 is 4.92 Å². The van der Waals surface area contributed by atoms with E-state index in [9.17, 15) is 14.9 Å². The highest BCUT2D eigenvalue weighted by Gasteiger charge is 2.09. The zero-order valence-electron chi connectivity index (χ0n) is 11.1. The molecular weight excluding hydrogens is 326 g/mol. The van der Waals surface area contributed by atoms with E-state index in [2.05, 4.69) is 10.6 Å². The Bertz CT molecular complexity index is 717. The standard InChI is InChI=1S/C14H10ClN3O3S/c15-10-3-1-9(2-4-10)13(19)17-14(22)16-11-5-7-12(8-6-11)18(20)21/h1-8H,(H2,16,17,19,22). The molecule has 6 nitrogen and oxygen atoms in total. The number of benzene rings is 2. The molecule has 0 atom stereocenters. The van der Waals surface area contributed by atoms with Crippen molar-refractivity contribution in [2.75, 3.05) is 5.32 Å². The van der Waals surface area contributed by atoms with Crippen LogP contribution >= 0.6 is 23.8 Å². The van der Waals surface area contributed by atoms with Gasteiger partial charge in [0.1, 0.15) is 0 Å². The maximum Gasteiger partial charge on any atom is 0.269 e. The van der Waals surface area contributed by atoms with Crippen LogP contribution in [0.4, 0.5) is 11.4 Å². The second-order valence-corrected chi connectivity index (χ2v) is 5.06. The van der Waals surface area contributed by atoms with Crippen molar-refractivity contribution in [1.29, 1.82) is 0 Å². The van der Waals surface area contributed by atoms with Gasteiger partial charge in [0.2, 0.25) is 0 Å². The molecule has 0 aromatic heterocycles. The first-order valence-electron chi connectivity index (χ1n) is 6.08. The molecule has 0 heterocycles. The summed E-state index contributed by atoms with van der Waals surface area (Å²) in [5.74, 6) is -0.379. The Morgan fingerprint density at radius 2 is 1.68 bits per heavy atom. The number of non-ortho nitro benzene ring substituents is 1. The smallest absolute Gasteiger partial charge is 0.269 e. The molecule has 2 aromatic carbocycles. The third-order valence-corrected chi connectivity index (χ3v) is 3.13. The average Bonchev–Trinajstić information content (AvgIpc) is 2.48. The van der Waals surface area contributed by atoms with E-state index in [1.54, 1.807) is 24.3 Å². The van der Waals surface area contributed by atoms with Gasteiger partial charge in [-0.1, -0.05) is 11.6 Å². The van der Waals surface area contributed by atoms with Crippen LogP contribution in [0.15, 0.2) is 48.5 Å². The fraction of sp³-hybridized carbons (Fsp3) is 0. The Hall–Kier alpha value is -2.51. The number of anilines is 1. The topological polar surface area (TPSA) is 84.3 Å². The lowest BCUT2D eigenvalue weighted by molar-refractivity contribution is -0.384. The highest BCUT2D eigenvalue weighted by molar-refractivity contribution is 7.80. The number of carbonyl (C=O) groups excluding carboxylic acids is 1. The van der Waals surface area contributed by atoms with Crippen LogP contribution < -0.4 is 10.6 Å². The Kier molecular flexibility index (Phi) is 5.03. The summed E-state index contributed by atoms with van der Waals surface area (Å²) < 4.78 is 0. The zero-order chi connectivity index (χ0) is 16.1. The molecule has 0 saturated carbocycles. The molecule has 22 heavy (non-hydrogen) atoms. The molecule has 1 amide bonds. The van der Waals surface area contributed by atoms with E-state index in [1.165, 1.54) is 24.3 Å². The molecule has 2 N–H and O–H groups in total. The number of nitrogens with zero attached hydrogens (tertiary/aromatic N) is 1. The molecule has 112 valence electrons.